The van der Waals surface area contributed by atoms with E-state index in [4.69, 9.17) is 0 Å². The molecular weight excluding hydrogens is 357 g/mol. The van der Waals surface area contributed by atoms with Crippen LogP contribution in [0.5, 0.6) is 0 Å². The van der Waals surface area contributed by atoms with Crippen LogP contribution in [-0.4, -0.2) is 34.7 Å². The van der Waals surface area contributed by atoms with Gasteiger partial charge in [0, 0.05) is 36.5 Å². The van der Waals surface area contributed by atoms with Gasteiger partial charge in [0.15, 0.2) is 5.78 Å². The van der Waals surface area contributed by atoms with Crippen LogP contribution in [0.2, 0.25) is 0 Å². The lowest BCUT2D eigenvalue weighted by Gasteiger charge is -2.32. The number of hydrogen-bond acceptors (Lipinski definition) is 3. The summed E-state index contributed by atoms with van der Waals surface area (Å²) < 4.78 is 38.7. The SMILES string of the molecule is Cc1ncccc1C(=O)N1CCCC(C(=O)c2cccc(C(F)(F)F)c2)C1. The summed E-state index contributed by atoms with van der Waals surface area (Å²) in [6.07, 6.45) is -1.73. The summed E-state index contributed by atoms with van der Waals surface area (Å²) in [7, 11) is 0. The van der Waals surface area contributed by atoms with Crippen LogP contribution in [0.3, 0.4) is 0 Å². The molecule has 2 aromatic rings. The van der Waals surface area contributed by atoms with Gasteiger partial charge in [-0.3, -0.25) is 14.6 Å². The molecule has 1 amide bonds. The fourth-order valence-electron chi connectivity index (χ4n) is 3.34. The van der Waals surface area contributed by atoms with Crippen molar-refractivity contribution in [2.75, 3.05) is 13.1 Å². The summed E-state index contributed by atoms with van der Waals surface area (Å²) in [6, 6.07) is 7.82. The van der Waals surface area contributed by atoms with Crippen LogP contribution < -0.4 is 0 Å². The van der Waals surface area contributed by atoms with E-state index in [0.29, 0.717) is 30.6 Å². The maximum absolute atomic E-state index is 12.9. The van der Waals surface area contributed by atoms with Crippen LogP contribution >= 0.6 is 0 Å². The van der Waals surface area contributed by atoms with Gasteiger partial charge >= 0.3 is 6.18 Å². The Morgan fingerprint density at radius 3 is 2.67 bits per heavy atom. The molecule has 1 fully saturated rings. The molecule has 1 aliphatic heterocycles. The summed E-state index contributed by atoms with van der Waals surface area (Å²) >= 11 is 0. The number of nitrogens with zero attached hydrogens (tertiary/aromatic N) is 2. The van der Waals surface area contributed by atoms with Crippen LogP contribution in [0.4, 0.5) is 13.2 Å². The van der Waals surface area contributed by atoms with Gasteiger partial charge in [0.2, 0.25) is 0 Å². The number of halogens is 3. The summed E-state index contributed by atoms with van der Waals surface area (Å²) in [5.41, 5.74) is 0.267. The molecular formula is C20H19F3N2O2. The Morgan fingerprint density at radius 1 is 1.19 bits per heavy atom. The molecule has 1 saturated heterocycles. The Kier molecular flexibility index (Phi) is 5.30. The van der Waals surface area contributed by atoms with Crippen LogP contribution in [0.15, 0.2) is 42.6 Å². The summed E-state index contributed by atoms with van der Waals surface area (Å²) in [4.78, 5) is 31.2. The number of piperidine rings is 1. The van der Waals surface area contributed by atoms with Crippen molar-refractivity contribution in [1.82, 2.24) is 9.88 Å². The third-order valence-electron chi connectivity index (χ3n) is 4.79. The first kappa shape index (κ1) is 19.1. The minimum Gasteiger partial charge on any atom is -0.338 e. The molecule has 1 atom stereocenters. The topological polar surface area (TPSA) is 50.3 Å². The van der Waals surface area contributed by atoms with Gasteiger partial charge in [-0.25, -0.2) is 0 Å². The number of amides is 1. The van der Waals surface area contributed by atoms with Crippen LogP contribution in [0, 0.1) is 12.8 Å². The second-order valence-corrected chi connectivity index (χ2v) is 6.67. The number of pyridine rings is 1. The molecule has 0 bridgehead atoms. The first-order valence-corrected chi connectivity index (χ1v) is 8.69. The molecule has 1 unspecified atom stereocenters. The van der Waals surface area contributed by atoms with Gasteiger partial charge in [0.25, 0.3) is 5.91 Å². The van der Waals surface area contributed by atoms with E-state index in [1.165, 1.54) is 12.1 Å². The van der Waals surface area contributed by atoms with Crippen LogP contribution in [0.1, 0.15) is 44.8 Å². The Hall–Kier alpha value is -2.70. The third kappa shape index (κ3) is 4.18. The maximum Gasteiger partial charge on any atom is 0.416 e. The van der Waals surface area contributed by atoms with Gasteiger partial charge in [-0.05, 0) is 44.0 Å². The Morgan fingerprint density at radius 2 is 1.96 bits per heavy atom. The normalized spacial score (nSPS) is 17.6. The van der Waals surface area contributed by atoms with E-state index in [1.54, 1.807) is 30.2 Å². The molecule has 2 heterocycles. The third-order valence-corrected chi connectivity index (χ3v) is 4.79. The fourth-order valence-corrected chi connectivity index (χ4v) is 3.34. The molecule has 0 aliphatic carbocycles. The number of likely N-dealkylation sites (tertiary alicyclic amines) is 1. The smallest absolute Gasteiger partial charge is 0.338 e. The van der Waals surface area contributed by atoms with Crippen molar-refractivity contribution < 1.29 is 22.8 Å². The number of aryl methyl sites for hydroxylation is 1. The first-order chi connectivity index (χ1) is 12.8. The van der Waals surface area contributed by atoms with E-state index in [1.807, 2.05) is 0 Å². The highest BCUT2D eigenvalue weighted by molar-refractivity contribution is 5.99. The van der Waals surface area contributed by atoms with Crippen LogP contribution in [0.25, 0.3) is 0 Å². The lowest BCUT2D eigenvalue weighted by molar-refractivity contribution is -0.137. The zero-order chi connectivity index (χ0) is 19.6. The van der Waals surface area contributed by atoms with Gasteiger partial charge < -0.3 is 4.90 Å². The number of Topliss-reactive ketones (excluding diaryl/α,β-unsaturated/α-hetero) is 1. The maximum atomic E-state index is 12.9. The average molecular weight is 376 g/mol. The quantitative estimate of drug-likeness (QED) is 0.757. The molecule has 142 valence electrons. The molecule has 1 aromatic carbocycles. The highest BCUT2D eigenvalue weighted by Crippen LogP contribution is 2.31. The zero-order valence-corrected chi connectivity index (χ0v) is 14.8. The summed E-state index contributed by atoms with van der Waals surface area (Å²) in [5, 5.41) is 0. The minimum absolute atomic E-state index is 0.0293. The van der Waals surface area contributed by atoms with Crippen LogP contribution in [-0.2, 0) is 6.18 Å². The van der Waals surface area contributed by atoms with Gasteiger partial charge in [-0.1, -0.05) is 12.1 Å². The number of hydrogen-bond donors (Lipinski definition) is 0. The number of benzene rings is 1. The lowest BCUT2D eigenvalue weighted by atomic mass is 9.89. The number of rotatable bonds is 3. The van der Waals surface area contributed by atoms with Crippen molar-refractivity contribution in [3.63, 3.8) is 0 Å². The van der Waals surface area contributed by atoms with Gasteiger partial charge in [-0.15, -0.1) is 0 Å². The molecule has 3 rings (SSSR count). The molecule has 0 saturated carbocycles. The monoisotopic (exact) mass is 376 g/mol. The van der Waals surface area contributed by atoms with Crippen molar-refractivity contribution in [3.8, 4) is 0 Å². The Bertz CT molecular complexity index is 864. The highest BCUT2D eigenvalue weighted by atomic mass is 19.4. The Balaban J connectivity index is 1.77. The van der Waals surface area contributed by atoms with Gasteiger partial charge in [-0.2, -0.15) is 13.2 Å². The van der Waals surface area contributed by atoms with E-state index in [9.17, 15) is 22.8 Å². The standard InChI is InChI=1S/C20H19F3N2O2/c1-13-17(8-3-9-24-13)19(27)25-10-4-6-15(12-25)18(26)14-5-2-7-16(11-14)20(21,22)23/h2-3,5,7-9,11,15H,4,6,10,12H2,1H3. The van der Waals surface area contributed by atoms with Gasteiger partial charge in [0.05, 0.1) is 11.1 Å². The van der Waals surface area contributed by atoms with E-state index < -0.39 is 17.7 Å². The molecule has 0 radical (unpaired) electrons. The number of carbonyl (C=O) groups excluding carboxylic acids is 2. The predicted molar refractivity (Wildman–Crippen MR) is 93.4 cm³/mol. The minimum atomic E-state index is -4.50. The molecule has 4 nitrogen and oxygen atoms in total. The Labute approximate surface area is 155 Å². The van der Waals surface area contributed by atoms with Crippen molar-refractivity contribution in [2.45, 2.75) is 25.9 Å². The molecule has 1 aliphatic rings. The molecule has 7 heteroatoms. The second-order valence-electron chi connectivity index (χ2n) is 6.67. The summed E-state index contributed by atoms with van der Waals surface area (Å²) in [6.45, 7) is 2.45. The van der Waals surface area contributed by atoms with E-state index in [2.05, 4.69) is 4.98 Å². The van der Waals surface area contributed by atoms with Crippen molar-refractivity contribution in [3.05, 3.63) is 65.0 Å². The highest BCUT2D eigenvalue weighted by Gasteiger charge is 2.33. The predicted octanol–water partition coefficient (Wildman–Crippen LogP) is 4.14. The molecule has 1 aromatic heterocycles. The lowest BCUT2D eigenvalue weighted by Crippen LogP contribution is -2.42. The van der Waals surface area contributed by atoms with Crippen molar-refractivity contribution in [2.24, 2.45) is 5.92 Å². The number of alkyl halides is 3. The molecule has 27 heavy (non-hydrogen) atoms. The van der Waals surface area contributed by atoms with Crippen molar-refractivity contribution >= 4 is 11.7 Å². The first-order valence-electron chi connectivity index (χ1n) is 8.69. The number of carbonyl (C=O) groups is 2. The van der Waals surface area contributed by atoms with Crippen molar-refractivity contribution in [1.29, 1.82) is 0 Å². The van der Waals surface area contributed by atoms with E-state index in [0.717, 1.165) is 12.1 Å². The van der Waals surface area contributed by atoms with E-state index >= 15 is 0 Å². The molecule has 0 spiro atoms. The largest absolute Gasteiger partial charge is 0.416 e. The summed E-state index contributed by atoms with van der Waals surface area (Å²) in [5.74, 6) is -1.08. The number of aromatic nitrogens is 1. The zero-order valence-electron chi connectivity index (χ0n) is 14.8. The fraction of sp³-hybridized carbons (Fsp3) is 0.350. The van der Waals surface area contributed by atoms with E-state index in [-0.39, 0.29) is 23.8 Å². The van der Waals surface area contributed by atoms with Gasteiger partial charge in [0.1, 0.15) is 0 Å². The average Bonchev–Trinajstić information content (AvgIpc) is 2.67. The second kappa shape index (κ2) is 7.50. The molecule has 0 N–H and O–H groups in total. The number of ketones is 1.